The van der Waals surface area contributed by atoms with E-state index >= 15 is 0 Å². The van der Waals surface area contributed by atoms with Crippen molar-refractivity contribution in [3.8, 4) is 5.88 Å². The molecule has 2 heterocycles. The summed E-state index contributed by atoms with van der Waals surface area (Å²) in [6, 6.07) is 1.05. The minimum Gasteiger partial charge on any atom is -0.493 e. The third-order valence-corrected chi connectivity index (χ3v) is 2.02. The van der Waals surface area contributed by atoms with Crippen LogP contribution in [0, 0.1) is 0 Å². The van der Waals surface area contributed by atoms with Gasteiger partial charge in [-0.25, -0.2) is 0 Å². The quantitative estimate of drug-likeness (QED) is 0.622. The smallest absolute Gasteiger partial charge is 0.256 e. The van der Waals surface area contributed by atoms with Crippen LogP contribution in [0.5, 0.6) is 5.88 Å². The predicted molar refractivity (Wildman–Crippen MR) is 47.1 cm³/mol. The molecule has 2 aromatic rings. The zero-order valence-electron chi connectivity index (χ0n) is 6.68. The van der Waals surface area contributed by atoms with Gasteiger partial charge in [-0.15, -0.1) is 5.10 Å². The van der Waals surface area contributed by atoms with Gasteiger partial charge >= 0.3 is 0 Å². The molecular weight excluding hydrogens is 192 g/mol. The number of rotatable bonds is 1. The van der Waals surface area contributed by atoms with Crippen molar-refractivity contribution in [1.82, 2.24) is 19.6 Å². The van der Waals surface area contributed by atoms with Crippen molar-refractivity contribution in [2.75, 3.05) is 6.26 Å². The van der Waals surface area contributed by atoms with Gasteiger partial charge in [0.25, 0.3) is 5.56 Å². The van der Waals surface area contributed by atoms with Crippen LogP contribution in [-0.4, -0.2) is 30.9 Å². The Kier molecular flexibility index (Phi) is 1.73. The van der Waals surface area contributed by atoms with Crippen LogP contribution < -0.4 is 5.56 Å². The molecule has 0 spiro atoms. The second-order valence-corrected chi connectivity index (χ2v) is 3.10. The molecule has 68 valence electrons. The topological polar surface area (TPSA) is 83.3 Å². The highest BCUT2D eigenvalue weighted by Gasteiger charge is 2.06. The van der Waals surface area contributed by atoms with Crippen LogP contribution in [-0.2, 0) is 0 Å². The van der Waals surface area contributed by atoms with Gasteiger partial charge in [0.2, 0.25) is 16.8 Å². The van der Waals surface area contributed by atoms with Gasteiger partial charge in [0.05, 0.1) is 6.07 Å². The third-order valence-electron chi connectivity index (χ3n) is 1.48. The summed E-state index contributed by atoms with van der Waals surface area (Å²) in [7, 11) is 0. The van der Waals surface area contributed by atoms with Crippen molar-refractivity contribution in [2.24, 2.45) is 0 Å². The summed E-state index contributed by atoms with van der Waals surface area (Å²) in [6.45, 7) is 0. The lowest BCUT2D eigenvalue weighted by Crippen LogP contribution is -2.07. The first kappa shape index (κ1) is 8.11. The number of thioether (sulfide) groups is 1. The van der Waals surface area contributed by atoms with E-state index in [2.05, 4.69) is 15.1 Å². The Morgan fingerprint density at radius 3 is 3.15 bits per heavy atom. The van der Waals surface area contributed by atoms with E-state index in [0.717, 1.165) is 6.07 Å². The molecule has 0 bridgehead atoms. The molecule has 0 aliphatic rings. The van der Waals surface area contributed by atoms with E-state index in [9.17, 15) is 9.90 Å². The molecule has 0 saturated carbocycles. The van der Waals surface area contributed by atoms with E-state index in [-0.39, 0.29) is 11.7 Å². The molecule has 2 N–H and O–H groups in total. The summed E-state index contributed by atoms with van der Waals surface area (Å²) in [5.41, 5.74) is -0.398. The highest BCUT2D eigenvalue weighted by atomic mass is 32.2. The zero-order chi connectivity index (χ0) is 9.42. The number of fused-ring (bicyclic) bond motifs is 1. The maximum absolute atomic E-state index is 10.9. The lowest BCUT2D eigenvalue weighted by atomic mass is 10.6. The molecule has 0 amide bonds. The summed E-state index contributed by atoms with van der Waals surface area (Å²) in [6.07, 6.45) is 1.81. The summed E-state index contributed by atoms with van der Waals surface area (Å²) in [4.78, 5) is 17.3. The second-order valence-electron chi connectivity index (χ2n) is 2.33. The van der Waals surface area contributed by atoms with Crippen LogP contribution in [0.3, 0.4) is 0 Å². The molecule has 2 rings (SSSR count). The zero-order valence-corrected chi connectivity index (χ0v) is 7.50. The van der Waals surface area contributed by atoms with E-state index in [4.69, 9.17) is 0 Å². The van der Waals surface area contributed by atoms with E-state index in [0.29, 0.717) is 5.16 Å². The number of nitrogens with one attached hydrogen (secondary N) is 1. The van der Waals surface area contributed by atoms with Crippen LogP contribution in [0.15, 0.2) is 16.0 Å². The first-order valence-electron chi connectivity index (χ1n) is 3.44. The molecule has 0 fully saturated rings. The van der Waals surface area contributed by atoms with Gasteiger partial charge in [0.1, 0.15) is 0 Å². The van der Waals surface area contributed by atoms with Crippen molar-refractivity contribution < 1.29 is 5.11 Å². The number of hydrogen-bond donors (Lipinski definition) is 2. The molecule has 0 radical (unpaired) electrons. The highest BCUT2D eigenvalue weighted by Crippen LogP contribution is 2.12. The fourth-order valence-corrected chi connectivity index (χ4v) is 1.29. The first-order chi connectivity index (χ1) is 6.20. The van der Waals surface area contributed by atoms with Crippen LogP contribution in [0.25, 0.3) is 5.78 Å². The summed E-state index contributed by atoms with van der Waals surface area (Å²) >= 11 is 1.33. The minimum absolute atomic E-state index is 0.216. The number of hydrogen-bond acceptors (Lipinski definition) is 5. The van der Waals surface area contributed by atoms with Gasteiger partial charge < -0.3 is 5.11 Å². The summed E-state index contributed by atoms with van der Waals surface area (Å²) in [5, 5.41) is 13.7. The van der Waals surface area contributed by atoms with Gasteiger partial charge in [0, 0.05) is 0 Å². The number of nitrogens with zero attached hydrogens (tertiary/aromatic N) is 3. The highest BCUT2D eigenvalue weighted by molar-refractivity contribution is 7.98. The van der Waals surface area contributed by atoms with Gasteiger partial charge in [-0.3, -0.25) is 9.78 Å². The first-order valence-corrected chi connectivity index (χ1v) is 4.66. The Hall–Kier alpha value is -1.50. The van der Waals surface area contributed by atoms with Crippen molar-refractivity contribution in [3.63, 3.8) is 0 Å². The molecule has 0 aliphatic heterocycles. The average molecular weight is 198 g/mol. The third kappa shape index (κ3) is 1.26. The Morgan fingerprint density at radius 1 is 1.69 bits per heavy atom. The lowest BCUT2D eigenvalue weighted by Gasteiger charge is -1.92. The molecule has 6 nitrogen and oxygen atoms in total. The van der Waals surface area contributed by atoms with Crippen LogP contribution in [0.1, 0.15) is 0 Å². The van der Waals surface area contributed by atoms with Crippen LogP contribution >= 0.6 is 11.8 Å². The second kappa shape index (κ2) is 2.77. The molecule has 0 aromatic carbocycles. The Morgan fingerprint density at radius 2 is 2.46 bits per heavy atom. The average Bonchev–Trinajstić information content (AvgIpc) is 2.47. The molecule has 7 heteroatoms. The maximum atomic E-state index is 10.9. The van der Waals surface area contributed by atoms with E-state index in [1.165, 1.54) is 16.3 Å². The fraction of sp³-hybridized carbons (Fsp3) is 0.167. The van der Waals surface area contributed by atoms with Gasteiger partial charge in [-0.1, -0.05) is 11.8 Å². The fourth-order valence-electron chi connectivity index (χ4n) is 0.945. The predicted octanol–water partition coefficient (Wildman–Crippen LogP) is -0.155. The number of aromatic hydroxyl groups is 1. The Balaban J connectivity index is 2.83. The number of aromatic nitrogens is 4. The number of aromatic amines is 1. The molecule has 2 aromatic heterocycles. The molecule has 0 atom stereocenters. The minimum atomic E-state index is -0.398. The molecule has 13 heavy (non-hydrogen) atoms. The molecule has 0 unspecified atom stereocenters. The van der Waals surface area contributed by atoms with Crippen LogP contribution in [0.2, 0.25) is 0 Å². The van der Waals surface area contributed by atoms with Crippen LogP contribution in [0.4, 0.5) is 0 Å². The van der Waals surface area contributed by atoms with E-state index in [1.807, 2.05) is 6.26 Å². The standard InChI is InChI=1S/C6H6N4O2S/c1-13-6-8-5-7-3(11)2-4(12)10(5)9-6/h2,12H,1H3,(H,7,8,9,11). The molecule has 0 saturated heterocycles. The van der Waals surface area contributed by atoms with Crippen molar-refractivity contribution in [3.05, 3.63) is 16.4 Å². The van der Waals surface area contributed by atoms with Gasteiger partial charge in [-0.2, -0.15) is 9.50 Å². The summed E-state index contributed by atoms with van der Waals surface area (Å²) < 4.78 is 1.17. The molecular formula is C6H6N4O2S. The van der Waals surface area contributed by atoms with E-state index < -0.39 is 5.56 Å². The normalized spacial score (nSPS) is 10.8. The SMILES string of the molecule is CSc1nc2[nH]c(=O)cc(O)n2n1. The lowest BCUT2D eigenvalue weighted by molar-refractivity contribution is 0.433. The largest absolute Gasteiger partial charge is 0.493 e. The Bertz CT molecular complexity index is 503. The monoisotopic (exact) mass is 198 g/mol. The maximum Gasteiger partial charge on any atom is 0.256 e. The van der Waals surface area contributed by atoms with Gasteiger partial charge in [0.15, 0.2) is 0 Å². The van der Waals surface area contributed by atoms with Crippen molar-refractivity contribution >= 4 is 17.5 Å². The van der Waals surface area contributed by atoms with Gasteiger partial charge in [-0.05, 0) is 6.26 Å². The Labute approximate surface area is 76.6 Å². The number of H-pyrrole nitrogens is 1. The van der Waals surface area contributed by atoms with Crippen molar-refractivity contribution in [2.45, 2.75) is 5.16 Å². The molecule has 0 aliphatic carbocycles. The van der Waals surface area contributed by atoms with Crippen molar-refractivity contribution in [1.29, 1.82) is 0 Å². The van der Waals surface area contributed by atoms with E-state index in [1.54, 1.807) is 0 Å². The summed E-state index contributed by atoms with van der Waals surface area (Å²) in [5.74, 6) is 0.0286.